The molecular weight excluding hydrogens is 379 g/mol. The maximum absolute atomic E-state index is 12.4. The minimum absolute atomic E-state index is 0.0105. The molecule has 1 aromatic carbocycles. The highest BCUT2D eigenvalue weighted by Gasteiger charge is 2.31. The zero-order valence-electron chi connectivity index (χ0n) is 15.5. The number of benzene rings is 1. The number of hydrogen-bond acceptors (Lipinski definition) is 5. The number of rotatable bonds is 8. The van der Waals surface area contributed by atoms with Crippen molar-refractivity contribution in [3.63, 3.8) is 0 Å². The van der Waals surface area contributed by atoms with Crippen LogP contribution in [-0.4, -0.2) is 55.9 Å². The Bertz CT molecular complexity index is 661. The molecule has 156 valence electrons. The SMILES string of the molecule is C[C@H](CNc1ccc(OC(F)(F)F)cc1)C(CC(=O)N1CCOCC1)C(N)=O. The molecule has 10 heteroatoms. The highest BCUT2D eigenvalue weighted by atomic mass is 19.4. The lowest BCUT2D eigenvalue weighted by molar-refractivity contribution is -0.274. The van der Waals surface area contributed by atoms with Gasteiger partial charge in [-0.25, -0.2) is 0 Å². The van der Waals surface area contributed by atoms with Gasteiger partial charge in [0.1, 0.15) is 5.75 Å². The molecule has 0 spiro atoms. The number of morpholine rings is 1. The summed E-state index contributed by atoms with van der Waals surface area (Å²) in [6, 6.07) is 5.25. The number of anilines is 1. The van der Waals surface area contributed by atoms with Crippen LogP contribution in [0.25, 0.3) is 0 Å². The number of ether oxygens (including phenoxy) is 2. The summed E-state index contributed by atoms with van der Waals surface area (Å²) in [6.07, 6.45) is -4.73. The second kappa shape index (κ2) is 9.63. The van der Waals surface area contributed by atoms with E-state index in [0.717, 1.165) is 0 Å². The van der Waals surface area contributed by atoms with E-state index in [0.29, 0.717) is 38.5 Å². The molecule has 0 saturated carbocycles. The highest BCUT2D eigenvalue weighted by molar-refractivity contribution is 5.85. The number of nitrogens with one attached hydrogen (secondary N) is 1. The molecular formula is C18H24F3N3O4. The molecule has 1 fully saturated rings. The number of amides is 2. The fourth-order valence-electron chi connectivity index (χ4n) is 2.91. The number of hydrogen-bond donors (Lipinski definition) is 2. The molecule has 2 amide bonds. The number of nitrogens with two attached hydrogens (primary N) is 1. The van der Waals surface area contributed by atoms with E-state index in [9.17, 15) is 22.8 Å². The third-order valence-corrected chi connectivity index (χ3v) is 4.53. The van der Waals surface area contributed by atoms with Crippen LogP contribution in [-0.2, 0) is 14.3 Å². The third kappa shape index (κ3) is 6.91. The second-order valence-corrected chi connectivity index (χ2v) is 6.64. The Balaban J connectivity index is 1.88. The fraction of sp³-hybridized carbons (Fsp3) is 0.556. The largest absolute Gasteiger partial charge is 0.573 e. The average Bonchev–Trinajstić information content (AvgIpc) is 2.64. The number of nitrogens with zero attached hydrogens (tertiary/aromatic N) is 1. The van der Waals surface area contributed by atoms with Crippen molar-refractivity contribution in [1.82, 2.24) is 4.90 Å². The first-order valence-corrected chi connectivity index (χ1v) is 8.90. The molecule has 0 radical (unpaired) electrons. The summed E-state index contributed by atoms with van der Waals surface area (Å²) in [5, 5.41) is 3.03. The molecule has 0 bridgehead atoms. The number of carbonyl (C=O) groups excluding carboxylic acids is 2. The average molecular weight is 403 g/mol. The van der Waals surface area contributed by atoms with Gasteiger partial charge in [0.25, 0.3) is 0 Å². The Morgan fingerprint density at radius 2 is 1.86 bits per heavy atom. The predicted octanol–water partition coefficient (Wildman–Crippen LogP) is 1.98. The van der Waals surface area contributed by atoms with Crippen LogP contribution in [0.4, 0.5) is 18.9 Å². The van der Waals surface area contributed by atoms with Gasteiger partial charge in [0.05, 0.1) is 19.1 Å². The van der Waals surface area contributed by atoms with E-state index >= 15 is 0 Å². The van der Waals surface area contributed by atoms with Crippen molar-refractivity contribution in [2.75, 3.05) is 38.2 Å². The lowest BCUT2D eigenvalue weighted by atomic mass is 9.89. The number of carbonyl (C=O) groups is 2. The molecule has 2 rings (SSSR count). The van der Waals surface area contributed by atoms with Gasteiger partial charge in [-0.05, 0) is 30.2 Å². The maximum atomic E-state index is 12.4. The van der Waals surface area contributed by atoms with Crippen LogP contribution >= 0.6 is 0 Å². The summed E-state index contributed by atoms with van der Waals surface area (Å²) in [6.45, 7) is 4.03. The van der Waals surface area contributed by atoms with Gasteiger partial charge in [0.15, 0.2) is 0 Å². The summed E-state index contributed by atoms with van der Waals surface area (Å²) in [5.41, 5.74) is 6.04. The number of halogens is 3. The minimum Gasteiger partial charge on any atom is -0.406 e. The van der Waals surface area contributed by atoms with Gasteiger partial charge in [0, 0.05) is 31.7 Å². The molecule has 0 aliphatic carbocycles. The summed E-state index contributed by atoms with van der Waals surface area (Å²) in [5.74, 6) is -1.95. The molecule has 1 unspecified atom stereocenters. The molecule has 1 aliphatic rings. The van der Waals surface area contributed by atoms with Gasteiger partial charge in [-0.2, -0.15) is 0 Å². The highest BCUT2D eigenvalue weighted by Crippen LogP contribution is 2.24. The van der Waals surface area contributed by atoms with Gasteiger partial charge in [-0.3, -0.25) is 9.59 Å². The van der Waals surface area contributed by atoms with E-state index in [1.165, 1.54) is 24.3 Å². The molecule has 1 aromatic rings. The van der Waals surface area contributed by atoms with Gasteiger partial charge < -0.3 is 25.4 Å². The maximum Gasteiger partial charge on any atom is 0.573 e. The molecule has 3 N–H and O–H groups in total. The van der Waals surface area contributed by atoms with Crippen LogP contribution in [0, 0.1) is 11.8 Å². The van der Waals surface area contributed by atoms with Crippen molar-refractivity contribution in [1.29, 1.82) is 0 Å². The Kier molecular flexibility index (Phi) is 7.50. The third-order valence-electron chi connectivity index (χ3n) is 4.53. The van der Waals surface area contributed by atoms with Crippen molar-refractivity contribution in [3.8, 4) is 5.75 Å². The topological polar surface area (TPSA) is 93.9 Å². The predicted molar refractivity (Wildman–Crippen MR) is 95.5 cm³/mol. The summed E-state index contributed by atoms with van der Waals surface area (Å²) in [7, 11) is 0. The van der Waals surface area contributed by atoms with Gasteiger partial charge in [-0.1, -0.05) is 6.92 Å². The minimum atomic E-state index is -4.74. The standard InChI is InChI=1S/C18H24F3N3O4/c1-12(11-23-13-2-4-14(5-3-13)28-18(19,20)21)15(17(22)26)10-16(25)24-6-8-27-9-7-24/h2-5,12,15,23H,6-11H2,1H3,(H2,22,26)/t12-,15?/m1/s1. The second-order valence-electron chi connectivity index (χ2n) is 6.64. The van der Waals surface area contributed by atoms with E-state index in [1.54, 1.807) is 11.8 Å². The van der Waals surface area contributed by atoms with E-state index in [4.69, 9.17) is 10.5 Å². The smallest absolute Gasteiger partial charge is 0.406 e. The fourth-order valence-corrected chi connectivity index (χ4v) is 2.91. The molecule has 1 saturated heterocycles. The van der Waals surface area contributed by atoms with Crippen LogP contribution < -0.4 is 15.8 Å². The van der Waals surface area contributed by atoms with Crippen LogP contribution in [0.2, 0.25) is 0 Å². The monoisotopic (exact) mass is 403 g/mol. The van der Waals surface area contributed by atoms with E-state index in [-0.39, 0.29) is 24.0 Å². The van der Waals surface area contributed by atoms with Gasteiger partial charge >= 0.3 is 6.36 Å². The molecule has 7 nitrogen and oxygen atoms in total. The summed E-state index contributed by atoms with van der Waals surface area (Å²) < 4.78 is 45.6. The Hall–Kier alpha value is -2.49. The number of alkyl halides is 3. The van der Waals surface area contributed by atoms with Crippen molar-refractivity contribution in [2.45, 2.75) is 19.7 Å². The van der Waals surface area contributed by atoms with Crippen molar-refractivity contribution >= 4 is 17.5 Å². The molecule has 2 atom stereocenters. The van der Waals surface area contributed by atoms with Crippen molar-refractivity contribution < 1.29 is 32.2 Å². The molecule has 0 aromatic heterocycles. The quantitative estimate of drug-likeness (QED) is 0.692. The molecule has 1 heterocycles. The van der Waals surface area contributed by atoms with Crippen molar-refractivity contribution in [3.05, 3.63) is 24.3 Å². The van der Waals surface area contributed by atoms with Crippen LogP contribution in [0.3, 0.4) is 0 Å². The Labute approximate surface area is 161 Å². The van der Waals surface area contributed by atoms with Crippen LogP contribution in [0.5, 0.6) is 5.75 Å². The summed E-state index contributed by atoms with van der Waals surface area (Å²) in [4.78, 5) is 25.9. The van der Waals surface area contributed by atoms with Crippen LogP contribution in [0.1, 0.15) is 13.3 Å². The first-order chi connectivity index (χ1) is 13.2. The van der Waals surface area contributed by atoms with Crippen molar-refractivity contribution in [2.24, 2.45) is 17.6 Å². The zero-order chi connectivity index (χ0) is 20.7. The lowest BCUT2D eigenvalue weighted by Gasteiger charge is -2.29. The van der Waals surface area contributed by atoms with E-state index < -0.39 is 18.2 Å². The van der Waals surface area contributed by atoms with Gasteiger partial charge in [0.2, 0.25) is 11.8 Å². The van der Waals surface area contributed by atoms with E-state index in [2.05, 4.69) is 10.1 Å². The molecule has 28 heavy (non-hydrogen) atoms. The Morgan fingerprint density at radius 1 is 1.25 bits per heavy atom. The Morgan fingerprint density at radius 3 is 2.39 bits per heavy atom. The lowest BCUT2D eigenvalue weighted by Crippen LogP contribution is -2.43. The first kappa shape index (κ1) is 21.8. The summed E-state index contributed by atoms with van der Waals surface area (Å²) >= 11 is 0. The van der Waals surface area contributed by atoms with E-state index in [1.807, 2.05) is 0 Å². The first-order valence-electron chi connectivity index (χ1n) is 8.90. The normalized spacial score (nSPS) is 16.9. The number of primary amides is 1. The zero-order valence-corrected chi connectivity index (χ0v) is 15.5. The molecule has 1 aliphatic heterocycles. The van der Waals surface area contributed by atoms with Crippen LogP contribution in [0.15, 0.2) is 24.3 Å². The van der Waals surface area contributed by atoms with Gasteiger partial charge in [-0.15, -0.1) is 13.2 Å².